The lowest BCUT2D eigenvalue weighted by Crippen LogP contribution is -2.40. The molecule has 1 unspecified atom stereocenters. The van der Waals surface area contributed by atoms with Crippen molar-refractivity contribution in [3.8, 4) is 5.75 Å². The molecule has 0 aromatic heterocycles. The van der Waals surface area contributed by atoms with Crippen molar-refractivity contribution < 1.29 is 4.74 Å². The summed E-state index contributed by atoms with van der Waals surface area (Å²) in [5, 5.41) is 0.747. The molecule has 2 N–H and O–H groups in total. The summed E-state index contributed by atoms with van der Waals surface area (Å²) in [6, 6.07) is 6.56. The molecule has 3 nitrogen and oxygen atoms in total. The lowest BCUT2D eigenvalue weighted by molar-refractivity contribution is 0.145. The van der Waals surface area contributed by atoms with Crippen molar-refractivity contribution in [2.45, 2.75) is 44.7 Å². The summed E-state index contributed by atoms with van der Waals surface area (Å²) in [6.07, 6.45) is 5.16. The monoisotopic (exact) mass is 296 g/mol. The molecule has 4 heteroatoms. The molecule has 0 spiro atoms. The number of likely N-dealkylation sites (N-methyl/N-ethyl adjacent to an activating group) is 1. The molecule has 1 aliphatic rings. The van der Waals surface area contributed by atoms with Gasteiger partial charge in [-0.25, -0.2) is 0 Å². The van der Waals surface area contributed by atoms with E-state index in [2.05, 4.69) is 11.8 Å². The molecule has 1 aromatic rings. The Morgan fingerprint density at radius 3 is 2.65 bits per heavy atom. The second-order valence-electron chi connectivity index (χ2n) is 5.38. The summed E-state index contributed by atoms with van der Waals surface area (Å²) in [7, 11) is 1.69. The number of nitrogens with zero attached hydrogens (tertiary/aromatic N) is 1. The second-order valence-corrected chi connectivity index (χ2v) is 5.78. The first-order valence-corrected chi connectivity index (χ1v) is 7.88. The van der Waals surface area contributed by atoms with Gasteiger partial charge in [-0.05, 0) is 31.5 Å². The third-order valence-corrected chi connectivity index (χ3v) is 4.68. The van der Waals surface area contributed by atoms with Crippen LogP contribution in [0.5, 0.6) is 5.75 Å². The van der Waals surface area contributed by atoms with Crippen molar-refractivity contribution in [3.05, 3.63) is 28.8 Å². The van der Waals surface area contributed by atoms with Gasteiger partial charge in [-0.1, -0.05) is 37.4 Å². The summed E-state index contributed by atoms with van der Waals surface area (Å²) in [5.41, 5.74) is 7.12. The van der Waals surface area contributed by atoms with E-state index in [1.165, 1.54) is 25.7 Å². The van der Waals surface area contributed by atoms with Crippen LogP contribution in [0.3, 0.4) is 0 Å². The Labute approximate surface area is 127 Å². The Hall–Kier alpha value is -0.770. The van der Waals surface area contributed by atoms with Gasteiger partial charge in [0.05, 0.1) is 13.2 Å². The predicted octanol–water partition coefficient (Wildman–Crippen LogP) is 3.61. The molecule has 112 valence electrons. The zero-order chi connectivity index (χ0) is 14.5. The number of benzene rings is 1. The van der Waals surface area contributed by atoms with E-state index in [0.29, 0.717) is 12.6 Å². The summed E-state index contributed by atoms with van der Waals surface area (Å²) < 4.78 is 5.50. The number of nitrogens with two attached hydrogens (primary N) is 1. The van der Waals surface area contributed by atoms with Crippen molar-refractivity contribution in [3.63, 3.8) is 0 Å². The van der Waals surface area contributed by atoms with Gasteiger partial charge >= 0.3 is 0 Å². The molecular weight excluding hydrogens is 272 g/mol. The van der Waals surface area contributed by atoms with Crippen LogP contribution in [0.4, 0.5) is 0 Å². The number of ether oxygens (including phenoxy) is 1. The lowest BCUT2D eigenvalue weighted by atomic mass is 10.0. The first-order chi connectivity index (χ1) is 9.72. The van der Waals surface area contributed by atoms with Crippen LogP contribution in [0.1, 0.15) is 44.2 Å². The van der Waals surface area contributed by atoms with Crippen LogP contribution in [0, 0.1) is 0 Å². The highest BCUT2D eigenvalue weighted by Crippen LogP contribution is 2.38. The molecule has 0 amide bonds. The van der Waals surface area contributed by atoms with E-state index < -0.39 is 0 Å². The fraction of sp³-hybridized carbons (Fsp3) is 0.625. The van der Waals surface area contributed by atoms with Gasteiger partial charge in [0.2, 0.25) is 0 Å². The van der Waals surface area contributed by atoms with E-state index in [1.54, 1.807) is 7.11 Å². The maximum Gasteiger partial charge on any atom is 0.125 e. The molecule has 0 aliphatic heterocycles. The Morgan fingerprint density at radius 2 is 2.10 bits per heavy atom. The molecule has 1 fully saturated rings. The maximum atomic E-state index is 6.43. The van der Waals surface area contributed by atoms with Gasteiger partial charge in [0.25, 0.3) is 0 Å². The number of halogens is 1. The SMILES string of the molecule is CCN(C1CCCC1)C(CN)c1c(Cl)cccc1OC. The molecule has 1 saturated carbocycles. The summed E-state index contributed by atoms with van der Waals surface area (Å²) in [6.45, 7) is 3.75. The standard InChI is InChI=1S/C16H25ClN2O/c1-3-19(12-7-4-5-8-12)14(11-18)16-13(17)9-6-10-15(16)20-2/h6,9-10,12,14H,3-5,7-8,11,18H2,1-2H3. The van der Waals surface area contributed by atoms with E-state index in [9.17, 15) is 0 Å². The molecule has 1 aliphatic carbocycles. The quantitative estimate of drug-likeness (QED) is 0.871. The number of hydrogen-bond acceptors (Lipinski definition) is 3. The summed E-state index contributed by atoms with van der Waals surface area (Å²) >= 11 is 6.43. The summed E-state index contributed by atoms with van der Waals surface area (Å²) in [5.74, 6) is 0.837. The van der Waals surface area contributed by atoms with E-state index >= 15 is 0 Å². The highest BCUT2D eigenvalue weighted by molar-refractivity contribution is 6.31. The van der Waals surface area contributed by atoms with Crippen LogP contribution < -0.4 is 10.5 Å². The van der Waals surface area contributed by atoms with Gasteiger partial charge in [-0.3, -0.25) is 4.90 Å². The first-order valence-electron chi connectivity index (χ1n) is 7.51. The number of rotatable bonds is 6. The molecule has 0 radical (unpaired) electrons. The van der Waals surface area contributed by atoms with E-state index in [0.717, 1.165) is 22.9 Å². The predicted molar refractivity (Wildman–Crippen MR) is 84.4 cm³/mol. The minimum Gasteiger partial charge on any atom is -0.496 e. The van der Waals surface area contributed by atoms with Crippen LogP contribution in [-0.4, -0.2) is 31.1 Å². The van der Waals surface area contributed by atoms with E-state index in [-0.39, 0.29) is 6.04 Å². The number of hydrogen-bond donors (Lipinski definition) is 1. The normalized spacial score (nSPS) is 17.6. The van der Waals surface area contributed by atoms with Gasteiger partial charge in [-0.2, -0.15) is 0 Å². The van der Waals surface area contributed by atoms with Crippen molar-refractivity contribution in [2.75, 3.05) is 20.2 Å². The van der Waals surface area contributed by atoms with Crippen LogP contribution in [-0.2, 0) is 0 Å². The van der Waals surface area contributed by atoms with Crippen LogP contribution in [0.2, 0.25) is 5.02 Å². The third-order valence-electron chi connectivity index (χ3n) is 4.35. The molecule has 1 atom stereocenters. The smallest absolute Gasteiger partial charge is 0.125 e. The van der Waals surface area contributed by atoms with Gasteiger partial charge in [0, 0.05) is 23.2 Å². The Morgan fingerprint density at radius 1 is 1.40 bits per heavy atom. The Kier molecular flexibility index (Phi) is 5.70. The van der Waals surface area contributed by atoms with Crippen LogP contribution in [0.25, 0.3) is 0 Å². The lowest BCUT2D eigenvalue weighted by Gasteiger charge is -2.36. The second kappa shape index (κ2) is 7.30. The largest absolute Gasteiger partial charge is 0.496 e. The first kappa shape index (κ1) is 15.6. The van der Waals surface area contributed by atoms with E-state index in [1.807, 2.05) is 18.2 Å². The van der Waals surface area contributed by atoms with E-state index in [4.69, 9.17) is 22.1 Å². The highest BCUT2D eigenvalue weighted by atomic mass is 35.5. The van der Waals surface area contributed by atoms with Gasteiger partial charge in [0.15, 0.2) is 0 Å². The fourth-order valence-corrected chi connectivity index (χ4v) is 3.70. The zero-order valence-electron chi connectivity index (χ0n) is 12.4. The molecule has 1 aromatic carbocycles. The van der Waals surface area contributed by atoms with Crippen molar-refractivity contribution >= 4 is 11.6 Å². The third kappa shape index (κ3) is 3.11. The van der Waals surface area contributed by atoms with Gasteiger partial charge in [0.1, 0.15) is 5.75 Å². The highest BCUT2D eigenvalue weighted by Gasteiger charge is 2.30. The Bertz CT molecular complexity index is 432. The molecule has 20 heavy (non-hydrogen) atoms. The minimum atomic E-state index is 0.131. The Balaban J connectivity index is 2.35. The molecule has 2 rings (SSSR count). The van der Waals surface area contributed by atoms with Crippen molar-refractivity contribution in [2.24, 2.45) is 5.73 Å². The fourth-order valence-electron chi connectivity index (χ4n) is 3.41. The van der Waals surface area contributed by atoms with Crippen molar-refractivity contribution in [1.29, 1.82) is 0 Å². The zero-order valence-corrected chi connectivity index (χ0v) is 13.2. The van der Waals surface area contributed by atoms with Gasteiger partial charge in [-0.15, -0.1) is 0 Å². The topological polar surface area (TPSA) is 38.5 Å². The molecule has 0 heterocycles. The average Bonchev–Trinajstić information content (AvgIpc) is 2.99. The molecule has 0 bridgehead atoms. The summed E-state index contributed by atoms with van der Waals surface area (Å²) in [4.78, 5) is 2.50. The number of methoxy groups -OCH3 is 1. The molecular formula is C16H25ClN2O. The minimum absolute atomic E-state index is 0.131. The maximum absolute atomic E-state index is 6.43. The van der Waals surface area contributed by atoms with Crippen LogP contribution in [0.15, 0.2) is 18.2 Å². The van der Waals surface area contributed by atoms with Crippen molar-refractivity contribution in [1.82, 2.24) is 4.90 Å². The van der Waals surface area contributed by atoms with Crippen LogP contribution >= 0.6 is 11.6 Å². The molecule has 0 saturated heterocycles. The van der Waals surface area contributed by atoms with Gasteiger partial charge < -0.3 is 10.5 Å². The average molecular weight is 297 g/mol.